The van der Waals surface area contributed by atoms with Crippen molar-refractivity contribution in [3.8, 4) is 0 Å². The average molecular weight is 182 g/mol. The molecule has 0 radical (unpaired) electrons. The summed E-state index contributed by atoms with van der Waals surface area (Å²) in [5.41, 5.74) is 0.111. The molecule has 2 saturated carbocycles. The maximum atomic E-state index is 10.9. The zero-order chi connectivity index (χ0) is 9.47. The van der Waals surface area contributed by atoms with Gasteiger partial charge in [-0.1, -0.05) is 13.3 Å². The van der Waals surface area contributed by atoms with E-state index >= 15 is 0 Å². The van der Waals surface area contributed by atoms with Crippen LogP contribution in [0, 0.1) is 17.3 Å². The quantitative estimate of drug-likeness (QED) is 0.627. The third-order valence-corrected chi connectivity index (χ3v) is 4.33. The molecule has 2 heteroatoms. The summed E-state index contributed by atoms with van der Waals surface area (Å²) in [5, 5.41) is 9.84. The molecular formula is C11H18O2. The fourth-order valence-electron chi connectivity index (χ4n) is 3.41. The highest BCUT2D eigenvalue weighted by Gasteiger charge is 2.50. The van der Waals surface area contributed by atoms with Gasteiger partial charge in [-0.05, 0) is 37.0 Å². The summed E-state index contributed by atoms with van der Waals surface area (Å²) in [6.45, 7) is 2.19. The molecule has 2 aliphatic rings. The van der Waals surface area contributed by atoms with Crippen LogP contribution in [0.15, 0.2) is 0 Å². The first kappa shape index (κ1) is 9.20. The molecule has 0 amide bonds. The van der Waals surface area contributed by atoms with E-state index in [4.69, 9.17) is 0 Å². The molecule has 0 aromatic carbocycles. The topological polar surface area (TPSA) is 37.3 Å². The Hall–Kier alpha value is -0.370. The van der Waals surface area contributed by atoms with Crippen molar-refractivity contribution in [2.24, 2.45) is 17.3 Å². The Morgan fingerprint density at radius 3 is 2.85 bits per heavy atom. The van der Waals surface area contributed by atoms with Gasteiger partial charge in [0.05, 0.1) is 6.10 Å². The summed E-state index contributed by atoms with van der Waals surface area (Å²) in [6.07, 6.45) is 6.13. The predicted octanol–water partition coefficient (Wildman–Crippen LogP) is 1.76. The van der Waals surface area contributed by atoms with Crippen LogP contribution in [0.1, 0.15) is 39.0 Å². The lowest BCUT2D eigenvalue weighted by atomic mass is 9.65. The van der Waals surface area contributed by atoms with Gasteiger partial charge in [-0.3, -0.25) is 0 Å². The van der Waals surface area contributed by atoms with E-state index in [0.717, 1.165) is 38.4 Å². The number of hydrogen-bond donors (Lipinski definition) is 1. The van der Waals surface area contributed by atoms with Crippen LogP contribution < -0.4 is 0 Å². The lowest BCUT2D eigenvalue weighted by molar-refractivity contribution is -0.116. The van der Waals surface area contributed by atoms with Crippen LogP contribution in [0.5, 0.6) is 0 Å². The van der Waals surface area contributed by atoms with Gasteiger partial charge in [0, 0.05) is 5.92 Å². The summed E-state index contributed by atoms with van der Waals surface area (Å²) in [4.78, 5) is 10.9. The number of carbonyl (C=O) groups is 1. The molecule has 0 saturated heterocycles. The second kappa shape index (κ2) is 3.09. The Labute approximate surface area is 79.3 Å². The number of aliphatic hydroxyl groups is 1. The maximum absolute atomic E-state index is 10.9. The van der Waals surface area contributed by atoms with E-state index in [1.807, 2.05) is 0 Å². The molecule has 2 nitrogen and oxygen atoms in total. The van der Waals surface area contributed by atoms with Gasteiger partial charge in [-0.2, -0.15) is 0 Å². The second-order valence-electron chi connectivity index (χ2n) is 4.89. The highest BCUT2D eigenvalue weighted by atomic mass is 16.3. The van der Waals surface area contributed by atoms with Crippen LogP contribution >= 0.6 is 0 Å². The number of aliphatic hydroxyl groups excluding tert-OH is 1. The van der Waals surface area contributed by atoms with Gasteiger partial charge in [-0.25, -0.2) is 0 Å². The molecule has 0 bridgehead atoms. The molecule has 0 aliphatic heterocycles. The van der Waals surface area contributed by atoms with E-state index in [-0.39, 0.29) is 17.4 Å². The molecule has 13 heavy (non-hydrogen) atoms. The van der Waals surface area contributed by atoms with E-state index in [2.05, 4.69) is 6.92 Å². The highest BCUT2D eigenvalue weighted by Crippen LogP contribution is 2.54. The second-order valence-corrected chi connectivity index (χ2v) is 4.89. The van der Waals surface area contributed by atoms with Gasteiger partial charge >= 0.3 is 0 Å². The minimum atomic E-state index is -0.149. The van der Waals surface area contributed by atoms with Crippen LogP contribution in [0.25, 0.3) is 0 Å². The van der Waals surface area contributed by atoms with E-state index in [9.17, 15) is 9.90 Å². The van der Waals surface area contributed by atoms with Crippen LogP contribution in [0.4, 0.5) is 0 Å². The zero-order valence-electron chi connectivity index (χ0n) is 8.20. The Morgan fingerprint density at radius 1 is 1.38 bits per heavy atom. The van der Waals surface area contributed by atoms with Gasteiger partial charge in [0.15, 0.2) is 0 Å². The SMILES string of the molecule is CC12CCCC(O)C1CCC2C=O. The smallest absolute Gasteiger partial charge is 0.123 e. The summed E-state index contributed by atoms with van der Waals surface area (Å²) in [6, 6.07) is 0. The molecule has 2 fully saturated rings. The van der Waals surface area contributed by atoms with Crippen LogP contribution in [-0.2, 0) is 4.79 Å². The summed E-state index contributed by atoms with van der Waals surface area (Å²) in [7, 11) is 0. The molecule has 1 N–H and O–H groups in total. The van der Waals surface area contributed by atoms with Crippen molar-refractivity contribution in [2.75, 3.05) is 0 Å². The molecule has 4 unspecified atom stereocenters. The lowest BCUT2D eigenvalue weighted by Crippen LogP contribution is -2.40. The van der Waals surface area contributed by atoms with E-state index in [1.54, 1.807) is 0 Å². The van der Waals surface area contributed by atoms with E-state index in [1.165, 1.54) is 0 Å². The number of rotatable bonds is 1. The van der Waals surface area contributed by atoms with Crippen molar-refractivity contribution < 1.29 is 9.90 Å². The van der Waals surface area contributed by atoms with Crippen LogP contribution in [0.2, 0.25) is 0 Å². The molecule has 2 aliphatic carbocycles. The Bertz CT molecular complexity index is 214. The molecule has 0 heterocycles. The number of aldehydes is 1. The van der Waals surface area contributed by atoms with Gasteiger partial charge in [0.1, 0.15) is 6.29 Å². The van der Waals surface area contributed by atoms with Gasteiger partial charge in [-0.15, -0.1) is 0 Å². The summed E-state index contributed by atoms with van der Waals surface area (Å²) in [5.74, 6) is 0.587. The van der Waals surface area contributed by atoms with Gasteiger partial charge in [0.2, 0.25) is 0 Å². The molecule has 0 aromatic rings. The summed E-state index contributed by atoms with van der Waals surface area (Å²) >= 11 is 0. The molecular weight excluding hydrogens is 164 g/mol. The van der Waals surface area contributed by atoms with Crippen molar-refractivity contribution in [1.82, 2.24) is 0 Å². The molecule has 2 rings (SSSR count). The van der Waals surface area contributed by atoms with Crippen molar-refractivity contribution in [3.05, 3.63) is 0 Å². The number of hydrogen-bond acceptors (Lipinski definition) is 2. The first-order valence-electron chi connectivity index (χ1n) is 5.32. The highest BCUT2D eigenvalue weighted by molar-refractivity contribution is 5.56. The fourth-order valence-corrected chi connectivity index (χ4v) is 3.41. The minimum Gasteiger partial charge on any atom is -0.393 e. The fraction of sp³-hybridized carbons (Fsp3) is 0.909. The third-order valence-electron chi connectivity index (χ3n) is 4.33. The summed E-state index contributed by atoms with van der Waals surface area (Å²) < 4.78 is 0. The van der Waals surface area contributed by atoms with Gasteiger partial charge < -0.3 is 9.90 Å². The third kappa shape index (κ3) is 1.23. The zero-order valence-corrected chi connectivity index (χ0v) is 8.20. The predicted molar refractivity (Wildman–Crippen MR) is 50.2 cm³/mol. The number of carbonyl (C=O) groups excluding carboxylic acids is 1. The Balaban J connectivity index is 2.23. The first-order chi connectivity index (χ1) is 6.18. The monoisotopic (exact) mass is 182 g/mol. The molecule has 0 aromatic heterocycles. The van der Waals surface area contributed by atoms with E-state index < -0.39 is 0 Å². The van der Waals surface area contributed by atoms with Crippen LogP contribution in [0.3, 0.4) is 0 Å². The normalized spacial score (nSPS) is 50.2. The largest absolute Gasteiger partial charge is 0.393 e. The van der Waals surface area contributed by atoms with Crippen molar-refractivity contribution >= 4 is 6.29 Å². The lowest BCUT2D eigenvalue weighted by Gasteiger charge is -2.41. The standard InChI is InChI=1S/C11H18O2/c1-11-6-2-3-10(13)9(11)5-4-8(11)7-12/h7-10,13H,2-6H2,1H3. The molecule has 0 spiro atoms. The Kier molecular flexibility index (Phi) is 2.18. The number of fused-ring (bicyclic) bond motifs is 1. The maximum Gasteiger partial charge on any atom is 0.123 e. The van der Waals surface area contributed by atoms with Crippen molar-refractivity contribution in [3.63, 3.8) is 0 Å². The van der Waals surface area contributed by atoms with Crippen molar-refractivity contribution in [1.29, 1.82) is 0 Å². The minimum absolute atomic E-state index is 0.111. The van der Waals surface area contributed by atoms with Crippen LogP contribution in [-0.4, -0.2) is 17.5 Å². The van der Waals surface area contributed by atoms with Gasteiger partial charge in [0.25, 0.3) is 0 Å². The van der Waals surface area contributed by atoms with E-state index in [0.29, 0.717) is 5.92 Å². The molecule has 4 atom stereocenters. The Morgan fingerprint density at radius 2 is 2.15 bits per heavy atom. The molecule has 74 valence electrons. The first-order valence-corrected chi connectivity index (χ1v) is 5.32. The average Bonchev–Trinajstić information content (AvgIpc) is 2.43. The van der Waals surface area contributed by atoms with Crippen molar-refractivity contribution in [2.45, 2.75) is 45.1 Å².